The van der Waals surface area contributed by atoms with Gasteiger partial charge in [-0.3, -0.25) is 4.57 Å². The van der Waals surface area contributed by atoms with Crippen molar-refractivity contribution in [3.05, 3.63) is 45.6 Å². The van der Waals surface area contributed by atoms with Crippen molar-refractivity contribution in [3.8, 4) is 11.9 Å². The summed E-state index contributed by atoms with van der Waals surface area (Å²) in [6.07, 6.45) is 0. The van der Waals surface area contributed by atoms with E-state index in [2.05, 4.69) is 6.07 Å². The van der Waals surface area contributed by atoms with Crippen molar-refractivity contribution in [3.63, 3.8) is 0 Å². The predicted octanol–water partition coefficient (Wildman–Crippen LogP) is 3.70. The van der Waals surface area contributed by atoms with Crippen LogP contribution in [-0.4, -0.2) is 11.2 Å². The van der Waals surface area contributed by atoms with Crippen molar-refractivity contribution in [2.75, 3.05) is 12.3 Å². The highest BCUT2D eigenvalue weighted by atomic mass is 35.5. The zero-order valence-electron chi connectivity index (χ0n) is 10.9. The van der Waals surface area contributed by atoms with E-state index >= 15 is 0 Å². The average molecular weight is 310 g/mol. The fourth-order valence-corrected chi connectivity index (χ4v) is 2.39. The van der Waals surface area contributed by atoms with Crippen LogP contribution in [0.3, 0.4) is 0 Å². The minimum absolute atomic E-state index is 0.394. The van der Waals surface area contributed by atoms with E-state index in [9.17, 15) is 5.26 Å². The van der Waals surface area contributed by atoms with Gasteiger partial charge < -0.3 is 10.5 Å². The first-order valence-electron chi connectivity index (χ1n) is 6.02. The molecule has 0 saturated heterocycles. The maximum atomic E-state index is 9.18. The number of nitrogens with zero attached hydrogens (tertiary/aromatic N) is 2. The smallest absolute Gasteiger partial charge is 0.218 e. The molecule has 1 heterocycles. The number of ether oxygens (including phenoxy) is 1. The summed E-state index contributed by atoms with van der Waals surface area (Å²) >= 11 is 12.0. The first-order valence-corrected chi connectivity index (χ1v) is 6.78. The van der Waals surface area contributed by atoms with E-state index in [0.717, 1.165) is 5.56 Å². The van der Waals surface area contributed by atoms with Crippen LogP contribution >= 0.6 is 23.2 Å². The quantitative estimate of drug-likeness (QED) is 0.936. The lowest BCUT2D eigenvalue weighted by atomic mass is 10.2. The molecule has 104 valence electrons. The fraction of sp³-hybridized carbons (Fsp3) is 0.214. The van der Waals surface area contributed by atoms with E-state index in [-0.39, 0.29) is 0 Å². The molecule has 0 fully saturated rings. The van der Waals surface area contributed by atoms with Crippen molar-refractivity contribution in [1.82, 2.24) is 4.57 Å². The fourth-order valence-electron chi connectivity index (χ4n) is 1.92. The first-order chi connectivity index (χ1) is 9.56. The Hall–Kier alpha value is -1.83. The van der Waals surface area contributed by atoms with Crippen LogP contribution in [0.15, 0.2) is 24.3 Å². The number of rotatable bonds is 4. The maximum absolute atomic E-state index is 9.18. The molecule has 0 aliphatic heterocycles. The Morgan fingerprint density at radius 3 is 2.70 bits per heavy atom. The lowest BCUT2D eigenvalue weighted by molar-refractivity contribution is 0.313. The number of nitrogen functional groups attached to an aromatic ring is 1. The summed E-state index contributed by atoms with van der Waals surface area (Å²) in [5, 5.41) is 10.3. The molecule has 0 atom stereocenters. The van der Waals surface area contributed by atoms with E-state index in [1.807, 2.05) is 13.0 Å². The Bertz CT molecular complexity index is 674. The van der Waals surface area contributed by atoms with Gasteiger partial charge in [0.1, 0.15) is 11.8 Å². The molecular weight excluding hydrogens is 297 g/mol. The van der Waals surface area contributed by atoms with Gasteiger partial charge in [0.25, 0.3) is 0 Å². The molecule has 20 heavy (non-hydrogen) atoms. The van der Waals surface area contributed by atoms with Gasteiger partial charge in [-0.15, -0.1) is 0 Å². The van der Waals surface area contributed by atoms with Crippen LogP contribution in [0.4, 0.5) is 5.69 Å². The molecule has 4 nitrogen and oxygen atoms in total. The van der Waals surface area contributed by atoms with E-state index in [4.69, 9.17) is 33.7 Å². The molecule has 0 bridgehead atoms. The van der Waals surface area contributed by atoms with Gasteiger partial charge in [-0.05, 0) is 24.6 Å². The lowest BCUT2D eigenvalue weighted by Crippen LogP contribution is -2.07. The second-order valence-corrected chi connectivity index (χ2v) is 5.00. The number of aromatic nitrogens is 1. The highest BCUT2D eigenvalue weighted by Crippen LogP contribution is 2.29. The minimum Gasteiger partial charge on any atom is -0.478 e. The Morgan fingerprint density at radius 2 is 2.10 bits per heavy atom. The van der Waals surface area contributed by atoms with Crippen molar-refractivity contribution in [1.29, 1.82) is 5.26 Å². The maximum Gasteiger partial charge on any atom is 0.218 e. The number of hydrogen-bond acceptors (Lipinski definition) is 3. The molecule has 6 heteroatoms. The third-order valence-electron chi connectivity index (χ3n) is 2.81. The summed E-state index contributed by atoms with van der Waals surface area (Å²) in [4.78, 5) is 0. The van der Waals surface area contributed by atoms with Crippen molar-refractivity contribution >= 4 is 28.9 Å². The van der Waals surface area contributed by atoms with Crippen LogP contribution in [0.2, 0.25) is 10.0 Å². The highest BCUT2D eigenvalue weighted by Gasteiger charge is 2.15. The topological polar surface area (TPSA) is 64.0 Å². The third-order valence-corrected chi connectivity index (χ3v) is 3.40. The van der Waals surface area contributed by atoms with Gasteiger partial charge >= 0.3 is 0 Å². The molecule has 0 aliphatic rings. The molecule has 2 N–H and O–H groups in total. The standard InChI is InChI=1S/C14H13Cl2N3O/c1-2-20-14-13(18)6-11(7-17)19(14)8-9-3-4-10(15)5-12(9)16/h3-6H,2,8,18H2,1H3. The summed E-state index contributed by atoms with van der Waals surface area (Å²) in [5.74, 6) is 0.482. The van der Waals surface area contributed by atoms with E-state index in [1.165, 1.54) is 0 Å². The molecule has 2 rings (SSSR count). The normalized spacial score (nSPS) is 10.3. The zero-order chi connectivity index (χ0) is 14.7. The van der Waals surface area contributed by atoms with Gasteiger partial charge in [-0.1, -0.05) is 29.3 Å². The first kappa shape index (κ1) is 14.6. The number of hydrogen-bond donors (Lipinski definition) is 1. The predicted molar refractivity (Wildman–Crippen MR) is 80.3 cm³/mol. The Kier molecular flexibility index (Phi) is 4.43. The zero-order valence-corrected chi connectivity index (χ0v) is 12.4. The molecule has 0 spiro atoms. The Balaban J connectivity index is 2.44. The van der Waals surface area contributed by atoms with Gasteiger partial charge in [0.05, 0.1) is 18.8 Å². The molecular formula is C14H13Cl2N3O. The van der Waals surface area contributed by atoms with Gasteiger partial charge in [0.15, 0.2) is 0 Å². The van der Waals surface area contributed by atoms with E-state index < -0.39 is 0 Å². The SMILES string of the molecule is CCOc1c(N)cc(C#N)n1Cc1ccc(Cl)cc1Cl. The number of halogens is 2. The molecule has 0 saturated carbocycles. The Labute approximate surface area is 127 Å². The van der Waals surface area contributed by atoms with Gasteiger partial charge in [0, 0.05) is 16.1 Å². The van der Waals surface area contributed by atoms with Gasteiger partial charge in [-0.2, -0.15) is 5.26 Å². The van der Waals surface area contributed by atoms with Crippen LogP contribution in [0.1, 0.15) is 18.2 Å². The van der Waals surface area contributed by atoms with E-state index in [0.29, 0.717) is 40.5 Å². The molecule has 1 aromatic heterocycles. The van der Waals surface area contributed by atoms with Gasteiger partial charge in [-0.25, -0.2) is 0 Å². The van der Waals surface area contributed by atoms with Crippen LogP contribution < -0.4 is 10.5 Å². The number of nitrogens with two attached hydrogens (primary N) is 1. The lowest BCUT2D eigenvalue weighted by Gasteiger charge is -2.12. The third kappa shape index (κ3) is 2.84. The van der Waals surface area contributed by atoms with Crippen molar-refractivity contribution in [2.45, 2.75) is 13.5 Å². The molecule has 0 radical (unpaired) electrons. The molecule has 1 aromatic carbocycles. The molecule has 2 aromatic rings. The number of benzene rings is 1. The van der Waals surface area contributed by atoms with Crippen LogP contribution in [0.25, 0.3) is 0 Å². The summed E-state index contributed by atoms with van der Waals surface area (Å²) in [5.41, 5.74) is 7.57. The summed E-state index contributed by atoms with van der Waals surface area (Å²) in [7, 11) is 0. The number of anilines is 1. The minimum atomic E-state index is 0.394. The van der Waals surface area contributed by atoms with Crippen molar-refractivity contribution < 1.29 is 4.74 Å². The monoisotopic (exact) mass is 309 g/mol. The highest BCUT2D eigenvalue weighted by molar-refractivity contribution is 6.35. The van der Waals surface area contributed by atoms with Crippen LogP contribution in [0.5, 0.6) is 5.88 Å². The second kappa shape index (κ2) is 6.08. The van der Waals surface area contributed by atoms with E-state index in [1.54, 1.807) is 22.8 Å². The Morgan fingerprint density at radius 1 is 1.35 bits per heavy atom. The van der Waals surface area contributed by atoms with Crippen LogP contribution in [-0.2, 0) is 6.54 Å². The van der Waals surface area contributed by atoms with Crippen LogP contribution in [0, 0.1) is 11.3 Å². The van der Waals surface area contributed by atoms with Crippen molar-refractivity contribution in [2.24, 2.45) is 0 Å². The summed E-state index contributed by atoms with van der Waals surface area (Å²) < 4.78 is 7.21. The summed E-state index contributed by atoms with van der Waals surface area (Å²) in [6.45, 7) is 2.72. The molecule has 0 amide bonds. The summed E-state index contributed by atoms with van der Waals surface area (Å²) in [6, 6.07) is 8.93. The number of nitriles is 1. The molecule has 0 aliphatic carbocycles. The molecule has 0 unspecified atom stereocenters. The largest absolute Gasteiger partial charge is 0.478 e. The van der Waals surface area contributed by atoms with Gasteiger partial charge in [0.2, 0.25) is 5.88 Å². The average Bonchev–Trinajstić information content (AvgIpc) is 2.70. The second-order valence-electron chi connectivity index (χ2n) is 4.16.